The number of likely N-dealkylation sites (tertiary alicyclic amines) is 1. The van der Waals surface area contributed by atoms with Crippen LogP contribution in [0.5, 0.6) is 11.5 Å². The SMILES string of the molecule is CCCCOC(=O)NC1CCN(C(=O)Cc2ccc(OC)c(OC)c2)CC1. The summed E-state index contributed by atoms with van der Waals surface area (Å²) in [5, 5.41) is 2.89. The molecule has 27 heavy (non-hydrogen) atoms. The van der Waals surface area contributed by atoms with Crippen LogP contribution in [0, 0.1) is 0 Å². The lowest BCUT2D eigenvalue weighted by molar-refractivity contribution is -0.131. The highest BCUT2D eigenvalue weighted by atomic mass is 16.5. The number of unbranched alkanes of at least 4 members (excludes halogenated alkanes) is 1. The molecule has 1 aliphatic heterocycles. The molecule has 1 saturated heterocycles. The van der Waals surface area contributed by atoms with Crippen LogP contribution in [0.1, 0.15) is 38.2 Å². The number of methoxy groups -OCH3 is 2. The van der Waals surface area contributed by atoms with Gasteiger partial charge in [0, 0.05) is 19.1 Å². The van der Waals surface area contributed by atoms with Gasteiger partial charge in [-0.3, -0.25) is 4.79 Å². The summed E-state index contributed by atoms with van der Waals surface area (Å²) in [6, 6.07) is 5.57. The number of carbonyl (C=O) groups is 2. The number of benzene rings is 1. The van der Waals surface area contributed by atoms with Crippen molar-refractivity contribution in [2.24, 2.45) is 0 Å². The van der Waals surface area contributed by atoms with Crippen LogP contribution in [0.3, 0.4) is 0 Å². The summed E-state index contributed by atoms with van der Waals surface area (Å²) in [4.78, 5) is 26.1. The Balaban J connectivity index is 1.78. The summed E-state index contributed by atoms with van der Waals surface area (Å²) >= 11 is 0. The van der Waals surface area contributed by atoms with E-state index in [2.05, 4.69) is 12.2 Å². The van der Waals surface area contributed by atoms with Gasteiger partial charge in [-0.2, -0.15) is 0 Å². The van der Waals surface area contributed by atoms with Crippen LogP contribution in [0.4, 0.5) is 4.79 Å². The topological polar surface area (TPSA) is 77.1 Å². The Kier molecular flexibility index (Phi) is 8.23. The maximum absolute atomic E-state index is 12.6. The molecule has 1 aromatic carbocycles. The summed E-state index contributed by atoms with van der Waals surface area (Å²) in [5.41, 5.74) is 0.886. The predicted molar refractivity (Wildman–Crippen MR) is 102 cm³/mol. The molecule has 0 radical (unpaired) electrons. The van der Waals surface area contributed by atoms with Crippen LogP contribution in [0.15, 0.2) is 18.2 Å². The standard InChI is InChI=1S/C20H30N2O5/c1-4-5-12-27-20(24)21-16-8-10-22(11-9-16)19(23)14-15-6-7-17(25-2)18(13-15)26-3/h6-7,13,16H,4-5,8-12,14H2,1-3H3,(H,21,24). The lowest BCUT2D eigenvalue weighted by atomic mass is 10.0. The number of nitrogens with one attached hydrogen (secondary N) is 1. The quantitative estimate of drug-likeness (QED) is 0.704. The molecular weight excluding hydrogens is 348 g/mol. The molecule has 2 rings (SSSR count). The van der Waals surface area contributed by atoms with Crippen molar-refractivity contribution in [2.75, 3.05) is 33.9 Å². The molecule has 0 bridgehead atoms. The first kappa shape index (κ1) is 20.9. The zero-order valence-electron chi connectivity index (χ0n) is 16.5. The van der Waals surface area contributed by atoms with Gasteiger partial charge in [0.25, 0.3) is 0 Å². The Hall–Kier alpha value is -2.44. The van der Waals surface area contributed by atoms with E-state index in [-0.39, 0.29) is 18.0 Å². The average Bonchev–Trinajstić information content (AvgIpc) is 2.68. The molecule has 1 N–H and O–H groups in total. The lowest BCUT2D eigenvalue weighted by Crippen LogP contribution is -2.47. The van der Waals surface area contributed by atoms with Crippen molar-refractivity contribution in [3.63, 3.8) is 0 Å². The van der Waals surface area contributed by atoms with Crippen molar-refractivity contribution in [2.45, 2.75) is 45.1 Å². The predicted octanol–water partition coefficient (Wildman–Crippen LogP) is 2.76. The number of piperidine rings is 1. The molecule has 0 saturated carbocycles. The minimum atomic E-state index is -0.362. The van der Waals surface area contributed by atoms with E-state index in [0.717, 1.165) is 31.2 Å². The molecule has 1 fully saturated rings. The van der Waals surface area contributed by atoms with Gasteiger partial charge in [-0.15, -0.1) is 0 Å². The van der Waals surface area contributed by atoms with Gasteiger partial charge in [0.05, 0.1) is 27.2 Å². The number of alkyl carbamates (subject to hydrolysis) is 1. The van der Waals surface area contributed by atoms with Gasteiger partial charge < -0.3 is 24.4 Å². The monoisotopic (exact) mass is 378 g/mol. The van der Waals surface area contributed by atoms with E-state index >= 15 is 0 Å². The third kappa shape index (κ3) is 6.34. The van der Waals surface area contributed by atoms with Gasteiger partial charge >= 0.3 is 6.09 Å². The van der Waals surface area contributed by atoms with E-state index < -0.39 is 0 Å². The second kappa shape index (κ2) is 10.6. The minimum absolute atomic E-state index is 0.0595. The summed E-state index contributed by atoms with van der Waals surface area (Å²) in [6.07, 6.45) is 3.29. The van der Waals surface area contributed by atoms with E-state index in [1.54, 1.807) is 14.2 Å². The molecule has 0 aliphatic carbocycles. The highest BCUT2D eigenvalue weighted by Crippen LogP contribution is 2.28. The number of nitrogens with zero attached hydrogens (tertiary/aromatic N) is 1. The Morgan fingerprint density at radius 3 is 2.48 bits per heavy atom. The molecule has 150 valence electrons. The van der Waals surface area contributed by atoms with Gasteiger partial charge in [0.1, 0.15) is 0 Å². The fourth-order valence-corrected chi connectivity index (χ4v) is 3.07. The zero-order valence-corrected chi connectivity index (χ0v) is 16.5. The molecular formula is C20H30N2O5. The van der Waals surface area contributed by atoms with Crippen LogP contribution in [0.2, 0.25) is 0 Å². The molecule has 1 heterocycles. The average molecular weight is 378 g/mol. The summed E-state index contributed by atoms with van der Waals surface area (Å²) < 4.78 is 15.6. The van der Waals surface area contributed by atoms with Crippen LogP contribution in [-0.2, 0) is 16.0 Å². The largest absolute Gasteiger partial charge is 0.493 e. The second-order valence-electron chi connectivity index (χ2n) is 6.65. The first-order chi connectivity index (χ1) is 13.1. The van der Waals surface area contributed by atoms with Gasteiger partial charge in [0.2, 0.25) is 5.91 Å². The molecule has 7 nitrogen and oxygen atoms in total. The Morgan fingerprint density at radius 2 is 1.85 bits per heavy atom. The van der Waals surface area contributed by atoms with Crippen molar-refractivity contribution < 1.29 is 23.8 Å². The minimum Gasteiger partial charge on any atom is -0.493 e. The Morgan fingerprint density at radius 1 is 1.15 bits per heavy atom. The maximum Gasteiger partial charge on any atom is 0.407 e. The lowest BCUT2D eigenvalue weighted by Gasteiger charge is -2.32. The molecule has 1 aliphatic rings. The maximum atomic E-state index is 12.6. The van der Waals surface area contributed by atoms with Crippen molar-refractivity contribution >= 4 is 12.0 Å². The number of hydrogen-bond donors (Lipinski definition) is 1. The first-order valence-corrected chi connectivity index (χ1v) is 9.49. The van der Waals surface area contributed by atoms with E-state index in [1.165, 1.54) is 0 Å². The molecule has 0 spiro atoms. The molecule has 1 aromatic rings. The van der Waals surface area contributed by atoms with Crippen molar-refractivity contribution in [1.82, 2.24) is 10.2 Å². The van der Waals surface area contributed by atoms with Crippen LogP contribution < -0.4 is 14.8 Å². The van der Waals surface area contributed by atoms with Crippen molar-refractivity contribution in [1.29, 1.82) is 0 Å². The number of amides is 2. The fourth-order valence-electron chi connectivity index (χ4n) is 3.07. The Bertz CT molecular complexity index is 627. The number of hydrogen-bond acceptors (Lipinski definition) is 5. The van der Waals surface area contributed by atoms with Crippen molar-refractivity contribution in [3.8, 4) is 11.5 Å². The van der Waals surface area contributed by atoms with Crippen LogP contribution in [0.25, 0.3) is 0 Å². The number of ether oxygens (including phenoxy) is 3. The third-order valence-corrected chi connectivity index (χ3v) is 4.70. The molecule has 0 aromatic heterocycles. The summed E-state index contributed by atoms with van der Waals surface area (Å²) in [5.74, 6) is 1.34. The number of rotatable bonds is 8. The summed E-state index contributed by atoms with van der Waals surface area (Å²) in [6.45, 7) is 3.76. The van der Waals surface area contributed by atoms with E-state index in [4.69, 9.17) is 14.2 Å². The molecule has 0 unspecified atom stereocenters. The van der Waals surface area contributed by atoms with Gasteiger partial charge in [0.15, 0.2) is 11.5 Å². The molecule has 7 heteroatoms. The Labute approximate surface area is 161 Å². The first-order valence-electron chi connectivity index (χ1n) is 9.49. The van der Waals surface area contributed by atoms with Crippen molar-refractivity contribution in [3.05, 3.63) is 23.8 Å². The van der Waals surface area contributed by atoms with E-state index in [1.807, 2.05) is 23.1 Å². The number of carbonyl (C=O) groups excluding carboxylic acids is 2. The zero-order chi connectivity index (χ0) is 19.6. The van der Waals surface area contributed by atoms with Crippen LogP contribution >= 0.6 is 0 Å². The highest BCUT2D eigenvalue weighted by Gasteiger charge is 2.24. The van der Waals surface area contributed by atoms with E-state index in [9.17, 15) is 9.59 Å². The third-order valence-electron chi connectivity index (χ3n) is 4.70. The normalized spacial score (nSPS) is 14.6. The van der Waals surface area contributed by atoms with Gasteiger partial charge in [-0.25, -0.2) is 4.79 Å². The molecule has 2 amide bonds. The second-order valence-corrected chi connectivity index (χ2v) is 6.65. The van der Waals surface area contributed by atoms with E-state index in [0.29, 0.717) is 37.6 Å². The fraction of sp³-hybridized carbons (Fsp3) is 0.600. The molecule has 0 atom stereocenters. The van der Waals surface area contributed by atoms with Gasteiger partial charge in [-0.1, -0.05) is 19.4 Å². The summed E-state index contributed by atoms with van der Waals surface area (Å²) in [7, 11) is 3.16. The van der Waals surface area contributed by atoms with Crippen LogP contribution in [-0.4, -0.2) is 56.9 Å². The smallest absolute Gasteiger partial charge is 0.407 e. The highest BCUT2D eigenvalue weighted by molar-refractivity contribution is 5.79. The van der Waals surface area contributed by atoms with Gasteiger partial charge in [-0.05, 0) is 37.0 Å².